The van der Waals surface area contributed by atoms with Gasteiger partial charge >= 0.3 is 5.97 Å². The van der Waals surface area contributed by atoms with Crippen molar-refractivity contribution >= 4 is 34.3 Å². The van der Waals surface area contributed by atoms with Crippen LogP contribution >= 0.6 is 0 Å². The molecule has 2 aromatic carbocycles. The first-order valence-electron chi connectivity index (χ1n) is 8.57. The van der Waals surface area contributed by atoms with Crippen LogP contribution in [-0.4, -0.2) is 28.7 Å². The number of Topliss-reactive ketones (excluding diaryl/α,β-unsaturated/α-hetero) is 1. The molecule has 3 rings (SSSR count). The number of H-pyrrole nitrogens is 1. The number of esters is 1. The zero-order chi connectivity index (χ0) is 19.6. The summed E-state index contributed by atoms with van der Waals surface area (Å²) in [5.41, 5.74) is 2.64. The number of nitrogens with one attached hydrogen (secondary N) is 2. The van der Waals surface area contributed by atoms with Gasteiger partial charge in [0.25, 0.3) is 0 Å². The summed E-state index contributed by atoms with van der Waals surface area (Å²) in [4.78, 5) is 39.8. The molecule has 0 aliphatic carbocycles. The summed E-state index contributed by atoms with van der Waals surface area (Å²) >= 11 is 0. The maximum absolute atomic E-state index is 12.7. The zero-order valence-electron chi connectivity index (χ0n) is 15.3. The molecule has 0 radical (unpaired) electrons. The highest BCUT2D eigenvalue weighted by atomic mass is 16.5. The second-order valence-electron chi connectivity index (χ2n) is 6.34. The molecule has 27 heavy (non-hydrogen) atoms. The molecule has 1 amide bonds. The number of fused-ring (bicyclic) bond motifs is 1. The van der Waals surface area contributed by atoms with Gasteiger partial charge in [0.15, 0.2) is 6.10 Å². The van der Waals surface area contributed by atoms with Crippen molar-refractivity contribution in [3.05, 3.63) is 65.4 Å². The van der Waals surface area contributed by atoms with Gasteiger partial charge in [-0.3, -0.25) is 9.59 Å². The summed E-state index contributed by atoms with van der Waals surface area (Å²) in [5, 5.41) is 3.42. The number of para-hydroxylation sites is 2. The molecule has 3 aromatic rings. The number of hydrogen-bond donors (Lipinski definition) is 2. The van der Waals surface area contributed by atoms with Gasteiger partial charge in [0.05, 0.1) is 11.3 Å². The van der Waals surface area contributed by atoms with E-state index in [2.05, 4.69) is 10.3 Å². The Labute approximate surface area is 156 Å². The number of anilines is 1. The fourth-order valence-electron chi connectivity index (χ4n) is 2.95. The van der Waals surface area contributed by atoms with Crippen molar-refractivity contribution in [2.75, 3.05) is 5.32 Å². The molecule has 6 nitrogen and oxygen atoms in total. The van der Waals surface area contributed by atoms with Gasteiger partial charge in [-0.05, 0) is 31.5 Å². The van der Waals surface area contributed by atoms with Crippen molar-refractivity contribution in [2.45, 2.75) is 26.9 Å². The molecular weight excluding hydrogens is 344 g/mol. The SMILES string of the molecule is CC(=O)Nc1c(C)cccc1C(=O)O[C@@H](C)C(=O)c1c[nH]c2ccccc12. The first kappa shape index (κ1) is 18.4. The number of aromatic nitrogens is 1. The topological polar surface area (TPSA) is 88.3 Å². The lowest BCUT2D eigenvalue weighted by Gasteiger charge is -2.15. The van der Waals surface area contributed by atoms with Crippen LogP contribution in [0.4, 0.5) is 5.69 Å². The average molecular weight is 364 g/mol. The van der Waals surface area contributed by atoms with E-state index in [-0.39, 0.29) is 17.3 Å². The van der Waals surface area contributed by atoms with Gasteiger partial charge in [-0.2, -0.15) is 0 Å². The molecule has 0 saturated heterocycles. The molecule has 0 unspecified atom stereocenters. The van der Waals surface area contributed by atoms with E-state index in [1.807, 2.05) is 24.3 Å². The molecule has 0 bridgehead atoms. The van der Waals surface area contributed by atoms with Gasteiger partial charge in [0.2, 0.25) is 11.7 Å². The van der Waals surface area contributed by atoms with E-state index < -0.39 is 12.1 Å². The van der Waals surface area contributed by atoms with Crippen LogP contribution in [-0.2, 0) is 9.53 Å². The fraction of sp³-hybridized carbons (Fsp3) is 0.190. The van der Waals surface area contributed by atoms with Crippen LogP contribution < -0.4 is 5.32 Å². The number of aryl methyl sites for hydroxylation is 1. The van der Waals surface area contributed by atoms with E-state index in [1.165, 1.54) is 13.8 Å². The first-order chi connectivity index (χ1) is 12.9. The fourth-order valence-corrected chi connectivity index (χ4v) is 2.95. The molecule has 0 aliphatic rings. The van der Waals surface area contributed by atoms with E-state index in [0.29, 0.717) is 11.3 Å². The molecular formula is C21H20N2O4. The second-order valence-corrected chi connectivity index (χ2v) is 6.34. The summed E-state index contributed by atoms with van der Waals surface area (Å²) in [6, 6.07) is 12.5. The number of carbonyl (C=O) groups excluding carboxylic acids is 3. The summed E-state index contributed by atoms with van der Waals surface area (Å²) in [5.74, 6) is -1.25. The number of hydrogen-bond acceptors (Lipinski definition) is 4. The van der Waals surface area contributed by atoms with E-state index in [1.54, 1.807) is 31.3 Å². The molecule has 1 aromatic heterocycles. The monoisotopic (exact) mass is 364 g/mol. The average Bonchev–Trinajstić information content (AvgIpc) is 3.06. The summed E-state index contributed by atoms with van der Waals surface area (Å²) in [7, 11) is 0. The van der Waals surface area contributed by atoms with Crippen LogP contribution in [0.5, 0.6) is 0 Å². The predicted octanol–water partition coefficient (Wildman–Crippen LogP) is 3.86. The van der Waals surface area contributed by atoms with E-state index in [4.69, 9.17) is 4.74 Å². The molecule has 0 fully saturated rings. The van der Waals surface area contributed by atoms with Crippen LogP contribution in [0, 0.1) is 6.92 Å². The van der Waals surface area contributed by atoms with Crippen molar-refractivity contribution in [3.63, 3.8) is 0 Å². The van der Waals surface area contributed by atoms with Crippen LogP contribution in [0.2, 0.25) is 0 Å². The summed E-state index contributed by atoms with van der Waals surface area (Å²) in [6.07, 6.45) is 0.648. The highest BCUT2D eigenvalue weighted by molar-refractivity contribution is 6.11. The maximum atomic E-state index is 12.7. The van der Waals surface area contributed by atoms with Gasteiger partial charge in [0, 0.05) is 29.6 Å². The van der Waals surface area contributed by atoms with Crippen molar-refractivity contribution in [3.8, 4) is 0 Å². The van der Waals surface area contributed by atoms with Gasteiger partial charge in [-0.15, -0.1) is 0 Å². The minimum Gasteiger partial charge on any atom is -0.451 e. The molecule has 0 aliphatic heterocycles. The van der Waals surface area contributed by atoms with Gasteiger partial charge in [-0.1, -0.05) is 30.3 Å². The number of benzene rings is 2. The third-order valence-corrected chi connectivity index (χ3v) is 4.30. The molecule has 2 N–H and O–H groups in total. The maximum Gasteiger partial charge on any atom is 0.340 e. The minimum atomic E-state index is -0.970. The molecule has 1 atom stereocenters. The van der Waals surface area contributed by atoms with Crippen LogP contribution in [0.25, 0.3) is 10.9 Å². The van der Waals surface area contributed by atoms with Crippen molar-refractivity contribution in [1.29, 1.82) is 0 Å². The summed E-state index contributed by atoms with van der Waals surface area (Å²) in [6.45, 7) is 4.68. The quantitative estimate of drug-likeness (QED) is 0.531. The highest BCUT2D eigenvalue weighted by Gasteiger charge is 2.24. The van der Waals surface area contributed by atoms with Gasteiger partial charge in [-0.25, -0.2) is 4.79 Å². The number of ketones is 1. The largest absolute Gasteiger partial charge is 0.451 e. The van der Waals surface area contributed by atoms with E-state index >= 15 is 0 Å². The number of amides is 1. The number of aromatic amines is 1. The smallest absolute Gasteiger partial charge is 0.340 e. The lowest BCUT2D eigenvalue weighted by molar-refractivity contribution is -0.114. The molecule has 0 saturated carbocycles. The zero-order valence-corrected chi connectivity index (χ0v) is 15.3. The summed E-state index contributed by atoms with van der Waals surface area (Å²) < 4.78 is 5.39. The van der Waals surface area contributed by atoms with Crippen molar-refractivity contribution in [2.24, 2.45) is 0 Å². The Balaban J connectivity index is 1.83. The Hall–Kier alpha value is -3.41. The normalized spacial score (nSPS) is 11.8. The van der Waals surface area contributed by atoms with Gasteiger partial charge < -0.3 is 15.0 Å². The Kier molecular flexibility index (Phi) is 5.07. The number of carbonyl (C=O) groups is 3. The standard InChI is InChI=1S/C21H20N2O4/c1-12-7-6-9-16(19(12)23-14(3)24)21(26)27-13(2)20(25)17-11-22-18-10-5-4-8-15(17)18/h4-11,13,22H,1-3H3,(H,23,24)/t13-/m0/s1. The Bertz CT molecular complexity index is 1040. The minimum absolute atomic E-state index is 0.212. The van der Waals surface area contributed by atoms with Crippen molar-refractivity contribution in [1.82, 2.24) is 4.98 Å². The second kappa shape index (κ2) is 7.45. The first-order valence-corrected chi connectivity index (χ1v) is 8.57. The lowest BCUT2D eigenvalue weighted by Crippen LogP contribution is -2.25. The van der Waals surface area contributed by atoms with E-state index in [0.717, 1.165) is 16.5 Å². The molecule has 6 heteroatoms. The third kappa shape index (κ3) is 3.74. The Morgan fingerprint density at radius 2 is 1.78 bits per heavy atom. The third-order valence-electron chi connectivity index (χ3n) is 4.30. The molecule has 138 valence electrons. The highest BCUT2D eigenvalue weighted by Crippen LogP contribution is 2.24. The van der Waals surface area contributed by atoms with Crippen LogP contribution in [0.15, 0.2) is 48.7 Å². The lowest BCUT2D eigenvalue weighted by atomic mass is 10.1. The number of ether oxygens (including phenoxy) is 1. The van der Waals surface area contributed by atoms with Crippen molar-refractivity contribution < 1.29 is 19.1 Å². The molecule has 1 heterocycles. The molecule has 0 spiro atoms. The van der Waals surface area contributed by atoms with Gasteiger partial charge in [0.1, 0.15) is 0 Å². The Morgan fingerprint density at radius 3 is 2.52 bits per heavy atom. The van der Waals surface area contributed by atoms with Crippen LogP contribution in [0.3, 0.4) is 0 Å². The predicted molar refractivity (Wildman–Crippen MR) is 103 cm³/mol. The van der Waals surface area contributed by atoms with Crippen LogP contribution in [0.1, 0.15) is 40.1 Å². The number of rotatable bonds is 5. The van der Waals surface area contributed by atoms with E-state index in [9.17, 15) is 14.4 Å². The Morgan fingerprint density at radius 1 is 1.04 bits per heavy atom.